The topological polar surface area (TPSA) is 43.1 Å². The number of primary amides is 1. The van der Waals surface area contributed by atoms with Crippen molar-refractivity contribution in [3.05, 3.63) is 5.92 Å². The van der Waals surface area contributed by atoms with Gasteiger partial charge in [-0.15, -0.1) is 0 Å². The Morgan fingerprint density at radius 3 is 2.15 bits per heavy atom. The maximum atomic E-state index is 10.9. The lowest BCUT2D eigenvalue weighted by atomic mass is 9.78. The standard InChI is InChI=1S/C11H20NO/c1-8(2)7-9-3-5-10(6-4-9)11(12)13/h9-10H,3-7H2,1-2H3,(H2,12,13). The molecule has 1 rings (SSSR count). The van der Waals surface area contributed by atoms with E-state index in [2.05, 4.69) is 13.8 Å². The molecule has 0 bridgehead atoms. The molecule has 0 heterocycles. The molecule has 0 saturated heterocycles. The number of carbonyl (C=O) groups is 1. The van der Waals surface area contributed by atoms with Gasteiger partial charge in [-0.3, -0.25) is 4.79 Å². The van der Waals surface area contributed by atoms with Gasteiger partial charge >= 0.3 is 0 Å². The van der Waals surface area contributed by atoms with Crippen LogP contribution in [0.3, 0.4) is 0 Å². The normalized spacial score (nSPS) is 29.2. The SMILES string of the molecule is C[C](C)CC1CCC(C(N)=O)CC1. The third kappa shape index (κ3) is 3.37. The van der Waals surface area contributed by atoms with Gasteiger partial charge in [0.15, 0.2) is 0 Å². The van der Waals surface area contributed by atoms with Crippen LogP contribution in [0.5, 0.6) is 0 Å². The maximum Gasteiger partial charge on any atom is 0.220 e. The zero-order chi connectivity index (χ0) is 9.84. The lowest BCUT2D eigenvalue weighted by Gasteiger charge is -2.27. The van der Waals surface area contributed by atoms with Crippen molar-refractivity contribution in [2.75, 3.05) is 0 Å². The molecule has 1 fully saturated rings. The quantitative estimate of drug-likeness (QED) is 0.715. The minimum atomic E-state index is -0.101. The summed E-state index contributed by atoms with van der Waals surface area (Å²) in [5.41, 5.74) is 5.27. The van der Waals surface area contributed by atoms with E-state index in [0.717, 1.165) is 18.8 Å². The van der Waals surface area contributed by atoms with Crippen LogP contribution >= 0.6 is 0 Å². The predicted molar refractivity (Wildman–Crippen MR) is 53.9 cm³/mol. The highest BCUT2D eigenvalue weighted by Crippen LogP contribution is 2.32. The Balaban J connectivity index is 2.26. The smallest absolute Gasteiger partial charge is 0.220 e. The summed E-state index contributed by atoms with van der Waals surface area (Å²) < 4.78 is 0. The van der Waals surface area contributed by atoms with Gasteiger partial charge in [-0.1, -0.05) is 13.8 Å². The molecule has 1 aliphatic rings. The van der Waals surface area contributed by atoms with Gasteiger partial charge in [-0.05, 0) is 43.9 Å². The predicted octanol–water partition coefficient (Wildman–Crippen LogP) is 2.28. The van der Waals surface area contributed by atoms with Crippen molar-refractivity contribution >= 4 is 5.91 Å². The Morgan fingerprint density at radius 2 is 1.77 bits per heavy atom. The Kier molecular flexibility index (Phi) is 3.76. The van der Waals surface area contributed by atoms with Gasteiger partial charge in [-0.2, -0.15) is 0 Å². The van der Waals surface area contributed by atoms with Gasteiger partial charge in [0, 0.05) is 5.92 Å². The summed E-state index contributed by atoms with van der Waals surface area (Å²) in [5, 5.41) is 0. The molecule has 2 nitrogen and oxygen atoms in total. The zero-order valence-electron chi connectivity index (χ0n) is 8.68. The molecule has 1 radical (unpaired) electrons. The maximum absolute atomic E-state index is 10.9. The highest BCUT2D eigenvalue weighted by Gasteiger charge is 2.24. The molecule has 0 aromatic carbocycles. The van der Waals surface area contributed by atoms with Crippen LogP contribution in [-0.2, 0) is 4.79 Å². The van der Waals surface area contributed by atoms with Crippen LogP contribution in [0, 0.1) is 17.8 Å². The summed E-state index contributed by atoms with van der Waals surface area (Å²) in [7, 11) is 0. The molecule has 2 heteroatoms. The second kappa shape index (κ2) is 4.64. The van der Waals surface area contributed by atoms with Crippen molar-refractivity contribution in [1.82, 2.24) is 0 Å². The number of rotatable bonds is 3. The fourth-order valence-electron chi connectivity index (χ4n) is 2.23. The van der Waals surface area contributed by atoms with Crippen molar-refractivity contribution in [3.63, 3.8) is 0 Å². The summed E-state index contributed by atoms with van der Waals surface area (Å²) in [6, 6.07) is 0. The average molecular weight is 182 g/mol. The fraction of sp³-hybridized carbons (Fsp3) is 0.818. The highest BCUT2D eigenvalue weighted by molar-refractivity contribution is 5.76. The summed E-state index contributed by atoms with van der Waals surface area (Å²) in [6.07, 6.45) is 5.60. The molecule has 0 spiro atoms. The molecule has 75 valence electrons. The van der Waals surface area contributed by atoms with Gasteiger partial charge in [-0.25, -0.2) is 0 Å². The lowest BCUT2D eigenvalue weighted by Crippen LogP contribution is -2.27. The van der Waals surface area contributed by atoms with E-state index < -0.39 is 0 Å². The second-order valence-corrected chi connectivity index (χ2v) is 4.53. The monoisotopic (exact) mass is 182 g/mol. The number of amides is 1. The molecule has 0 aromatic heterocycles. The van der Waals surface area contributed by atoms with Crippen molar-refractivity contribution in [1.29, 1.82) is 0 Å². The van der Waals surface area contributed by atoms with Gasteiger partial charge in [0.25, 0.3) is 0 Å². The molecule has 0 atom stereocenters. The van der Waals surface area contributed by atoms with Crippen LogP contribution < -0.4 is 5.73 Å². The molecule has 13 heavy (non-hydrogen) atoms. The van der Waals surface area contributed by atoms with Crippen LogP contribution in [0.2, 0.25) is 0 Å². The first kappa shape index (κ1) is 10.6. The van der Waals surface area contributed by atoms with Crippen LogP contribution in [0.4, 0.5) is 0 Å². The molecular formula is C11H20NO. The van der Waals surface area contributed by atoms with Gasteiger partial charge < -0.3 is 5.73 Å². The highest BCUT2D eigenvalue weighted by atomic mass is 16.1. The molecule has 0 aromatic rings. The minimum absolute atomic E-state index is 0.101. The summed E-state index contributed by atoms with van der Waals surface area (Å²) in [5.74, 6) is 2.37. The van der Waals surface area contributed by atoms with Crippen LogP contribution in [0.25, 0.3) is 0 Å². The number of hydrogen-bond acceptors (Lipinski definition) is 1. The van der Waals surface area contributed by atoms with E-state index in [0.29, 0.717) is 0 Å². The molecule has 0 unspecified atom stereocenters. The summed E-state index contributed by atoms with van der Waals surface area (Å²) in [4.78, 5) is 10.9. The van der Waals surface area contributed by atoms with Crippen LogP contribution in [-0.4, -0.2) is 5.91 Å². The second-order valence-electron chi connectivity index (χ2n) is 4.53. The largest absolute Gasteiger partial charge is 0.369 e. The first-order valence-electron chi connectivity index (χ1n) is 5.18. The third-order valence-electron chi connectivity index (χ3n) is 2.95. The van der Waals surface area contributed by atoms with Crippen LogP contribution in [0.15, 0.2) is 0 Å². The molecule has 1 aliphatic carbocycles. The first-order valence-corrected chi connectivity index (χ1v) is 5.18. The van der Waals surface area contributed by atoms with Gasteiger partial charge in [0.1, 0.15) is 0 Å². The van der Waals surface area contributed by atoms with E-state index in [-0.39, 0.29) is 11.8 Å². The number of hydrogen-bond donors (Lipinski definition) is 1. The first-order chi connectivity index (χ1) is 6.09. The van der Waals surface area contributed by atoms with E-state index in [1.165, 1.54) is 25.2 Å². The van der Waals surface area contributed by atoms with Crippen molar-refractivity contribution < 1.29 is 4.79 Å². The Labute approximate surface area is 80.9 Å². The minimum Gasteiger partial charge on any atom is -0.369 e. The van der Waals surface area contributed by atoms with E-state index in [1.54, 1.807) is 0 Å². The lowest BCUT2D eigenvalue weighted by molar-refractivity contribution is -0.122. The number of carbonyl (C=O) groups excluding carboxylic acids is 1. The summed E-state index contributed by atoms with van der Waals surface area (Å²) >= 11 is 0. The van der Waals surface area contributed by atoms with Crippen LogP contribution in [0.1, 0.15) is 46.0 Å². The van der Waals surface area contributed by atoms with E-state index in [1.807, 2.05) is 0 Å². The Hall–Kier alpha value is -0.530. The summed E-state index contributed by atoms with van der Waals surface area (Å²) in [6.45, 7) is 4.36. The van der Waals surface area contributed by atoms with Crippen molar-refractivity contribution in [3.8, 4) is 0 Å². The third-order valence-corrected chi connectivity index (χ3v) is 2.95. The molecule has 2 N–H and O–H groups in total. The van der Waals surface area contributed by atoms with Crippen molar-refractivity contribution in [2.24, 2.45) is 17.6 Å². The molecule has 1 saturated carbocycles. The molecule has 1 amide bonds. The molecule has 0 aliphatic heterocycles. The van der Waals surface area contributed by atoms with E-state index >= 15 is 0 Å². The van der Waals surface area contributed by atoms with Crippen molar-refractivity contribution in [2.45, 2.75) is 46.0 Å². The molecular weight excluding hydrogens is 162 g/mol. The average Bonchev–Trinajstić information content (AvgIpc) is 2.04. The van der Waals surface area contributed by atoms with Gasteiger partial charge in [0.2, 0.25) is 5.91 Å². The van der Waals surface area contributed by atoms with E-state index in [4.69, 9.17) is 5.73 Å². The zero-order valence-corrected chi connectivity index (χ0v) is 8.68. The van der Waals surface area contributed by atoms with E-state index in [9.17, 15) is 4.79 Å². The number of nitrogens with two attached hydrogens (primary N) is 1. The Bertz CT molecular complexity index is 169. The van der Waals surface area contributed by atoms with Gasteiger partial charge in [0.05, 0.1) is 0 Å². The fourth-order valence-corrected chi connectivity index (χ4v) is 2.23. The Morgan fingerprint density at radius 1 is 1.23 bits per heavy atom.